The molecule has 4 rings (SSSR count). The Balaban J connectivity index is 1.42. The molecule has 3 aromatic carbocycles. The third kappa shape index (κ3) is 5.27. The second kappa shape index (κ2) is 9.56. The summed E-state index contributed by atoms with van der Waals surface area (Å²) in [5.74, 6) is 0. The molecule has 0 atom stereocenters. The summed E-state index contributed by atoms with van der Waals surface area (Å²) in [7, 11) is 0. The molecule has 1 aliphatic heterocycles. The van der Waals surface area contributed by atoms with Crippen LogP contribution in [0, 0.1) is 13.8 Å². The van der Waals surface area contributed by atoms with Gasteiger partial charge in [-0.25, -0.2) is 9.59 Å². The zero-order valence-electron chi connectivity index (χ0n) is 18.5. The molecule has 6 heteroatoms. The Kier molecular flexibility index (Phi) is 6.40. The fourth-order valence-corrected chi connectivity index (χ4v) is 3.76. The second-order valence-electron chi connectivity index (χ2n) is 8.19. The van der Waals surface area contributed by atoms with Gasteiger partial charge in [0.2, 0.25) is 0 Å². The van der Waals surface area contributed by atoms with Gasteiger partial charge in [0, 0.05) is 36.7 Å². The maximum atomic E-state index is 13.2. The van der Waals surface area contributed by atoms with E-state index in [9.17, 15) is 9.59 Å². The molecule has 1 saturated heterocycles. The number of hydrogen-bond acceptors (Lipinski definition) is 2. The number of rotatable bonds is 5. The molecule has 4 amide bonds. The molecule has 1 heterocycles. The maximum absolute atomic E-state index is 13.2. The number of carbonyl (C=O) groups excluding carboxylic acids is 2. The molecule has 0 bridgehead atoms. The SMILES string of the molecule is Cc1ccc(CN2CCCN(c3cccc(NC(=O)Nc4ccc(C)cc4)c3)C2=O)cc1. The molecule has 0 spiro atoms. The molecule has 0 aromatic heterocycles. The van der Waals surface area contributed by atoms with E-state index in [-0.39, 0.29) is 12.1 Å². The monoisotopic (exact) mass is 428 g/mol. The number of nitrogens with one attached hydrogen (secondary N) is 2. The van der Waals surface area contributed by atoms with E-state index in [1.54, 1.807) is 4.90 Å². The van der Waals surface area contributed by atoms with Crippen molar-refractivity contribution in [2.24, 2.45) is 0 Å². The van der Waals surface area contributed by atoms with Crippen molar-refractivity contribution in [2.45, 2.75) is 26.8 Å². The minimum Gasteiger partial charge on any atom is -0.320 e. The van der Waals surface area contributed by atoms with Gasteiger partial charge in [-0.05, 0) is 56.2 Å². The molecule has 1 aliphatic rings. The van der Waals surface area contributed by atoms with Gasteiger partial charge in [0.25, 0.3) is 0 Å². The number of anilines is 3. The van der Waals surface area contributed by atoms with Crippen LogP contribution in [-0.2, 0) is 6.54 Å². The van der Waals surface area contributed by atoms with Crippen LogP contribution in [0.25, 0.3) is 0 Å². The van der Waals surface area contributed by atoms with Gasteiger partial charge in [0.05, 0.1) is 0 Å². The molecule has 2 N–H and O–H groups in total. The van der Waals surface area contributed by atoms with Gasteiger partial charge in [-0.1, -0.05) is 53.6 Å². The fourth-order valence-electron chi connectivity index (χ4n) is 3.76. The van der Waals surface area contributed by atoms with E-state index < -0.39 is 0 Å². The number of carbonyl (C=O) groups is 2. The van der Waals surface area contributed by atoms with Crippen LogP contribution < -0.4 is 15.5 Å². The summed E-state index contributed by atoms with van der Waals surface area (Å²) in [6.45, 7) is 6.04. The normalized spacial score (nSPS) is 13.8. The van der Waals surface area contributed by atoms with E-state index in [1.165, 1.54) is 5.56 Å². The molecule has 0 radical (unpaired) electrons. The molecule has 32 heavy (non-hydrogen) atoms. The van der Waals surface area contributed by atoms with Gasteiger partial charge < -0.3 is 15.5 Å². The van der Waals surface area contributed by atoms with Crippen molar-refractivity contribution in [1.82, 2.24) is 4.90 Å². The molecule has 0 unspecified atom stereocenters. The number of nitrogens with zero attached hydrogens (tertiary/aromatic N) is 2. The van der Waals surface area contributed by atoms with E-state index in [0.717, 1.165) is 35.5 Å². The van der Waals surface area contributed by atoms with Gasteiger partial charge >= 0.3 is 12.1 Å². The first-order chi connectivity index (χ1) is 15.5. The van der Waals surface area contributed by atoms with Gasteiger partial charge in [0.1, 0.15) is 0 Å². The van der Waals surface area contributed by atoms with Crippen LogP contribution in [0.4, 0.5) is 26.7 Å². The summed E-state index contributed by atoms with van der Waals surface area (Å²) in [5.41, 5.74) is 5.59. The van der Waals surface area contributed by atoms with Crippen molar-refractivity contribution in [1.29, 1.82) is 0 Å². The summed E-state index contributed by atoms with van der Waals surface area (Å²) >= 11 is 0. The Morgan fingerprint density at radius 2 is 1.50 bits per heavy atom. The summed E-state index contributed by atoms with van der Waals surface area (Å²) in [6, 6.07) is 22.9. The Bertz CT molecular complexity index is 1090. The number of aryl methyl sites for hydroxylation is 2. The van der Waals surface area contributed by atoms with Crippen molar-refractivity contribution in [3.8, 4) is 0 Å². The van der Waals surface area contributed by atoms with Crippen molar-refractivity contribution in [3.05, 3.63) is 89.5 Å². The second-order valence-corrected chi connectivity index (χ2v) is 8.19. The molecule has 164 valence electrons. The van der Waals surface area contributed by atoms with E-state index in [4.69, 9.17) is 0 Å². The van der Waals surface area contributed by atoms with Crippen LogP contribution in [0.3, 0.4) is 0 Å². The summed E-state index contributed by atoms with van der Waals surface area (Å²) in [4.78, 5) is 29.2. The van der Waals surface area contributed by atoms with Gasteiger partial charge in [-0.15, -0.1) is 0 Å². The lowest BCUT2D eigenvalue weighted by Crippen LogP contribution is -2.49. The minimum atomic E-state index is -0.322. The molecule has 0 saturated carbocycles. The predicted molar refractivity (Wildman–Crippen MR) is 129 cm³/mol. The van der Waals surface area contributed by atoms with Crippen molar-refractivity contribution >= 4 is 29.1 Å². The highest BCUT2D eigenvalue weighted by molar-refractivity contribution is 6.00. The number of amides is 4. The number of urea groups is 2. The highest BCUT2D eigenvalue weighted by Crippen LogP contribution is 2.24. The van der Waals surface area contributed by atoms with Crippen molar-refractivity contribution in [3.63, 3.8) is 0 Å². The third-order valence-electron chi connectivity index (χ3n) is 5.53. The molecular formula is C26H28N4O2. The van der Waals surface area contributed by atoms with Gasteiger partial charge in [0.15, 0.2) is 0 Å². The summed E-state index contributed by atoms with van der Waals surface area (Å²) in [5, 5.41) is 5.68. The average Bonchev–Trinajstić information content (AvgIpc) is 2.78. The first-order valence-corrected chi connectivity index (χ1v) is 10.8. The van der Waals surface area contributed by atoms with Gasteiger partial charge in [-0.3, -0.25) is 4.90 Å². The molecule has 0 aliphatic carbocycles. The smallest absolute Gasteiger partial charge is 0.320 e. The predicted octanol–water partition coefficient (Wildman–Crippen LogP) is 5.78. The van der Waals surface area contributed by atoms with Crippen molar-refractivity contribution in [2.75, 3.05) is 28.6 Å². The van der Waals surface area contributed by atoms with E-state index in [0.29, 0.717) is 18.8 Å². The van der Waals surface area contributed by atoms with E-state index in [2.05, 4.69) is 41.8 Å². The Morgan fingerprint density at radius 3 is 2.22 bits per heavy atom. The lowest BCUT2D eigenvalue weighted by atomic mass is 10.1. The van der Waals surface area contributed by atoms with E-state index in [1.807, 2.05) is 60.4 Å². The van der Waals surface area contributed by atoms with Crippen molar-refractivity contribution < 1.29 is 9.59 Å². The quantitative estimate of drug-likeness (QED) is 0.541. The Hall–Kier alpha value is -3.80. The molecular weight excluding hydrogens is 400 g/mol. The van der Waals surface area contributed by atoms with Crippen LogP contribution in [-0.4, -0.2) is 30.1 Å². The van der Waals surface area contributed by atoms with Crippen LogP contribution in [0.2, 0.25) is 0 Å². The zero-order chi connectivity index (χ0) is 22.5. The van der Waals surface area contributed by atoms with Gasteiger partial charge in [-0.2, -0.15) is 0 Å². The zero-order valence-corrected chi connectivity index (χ0v) is 18.5. The van der Waals surface area contributed by atoms with Crippen LogP contribution >= 0.6 is 0 Å². The standard InChI is InChI=1S/C26H28N4O2/c1-19-7-11-21(12-8-19)18-29-15-4-16-30(26(29)32)24-6-3-5-23(17-24)28-25(31)27-22-13-9-20(2)10-14-22/h3,5-14,17H,4,15-16,18H2,1-2H3,(H2,27,28,31). The highest BCUT2D eigenvalue weighted by atomic mass is 16.2. The molecule has 6 nitrogen and oxygen atoms in total. The average molecular weight is 429 g/mol. The lowest BCUT2D eigenvalue weighted by molar-refractivity contribution is 0.192. The van der Waals surface area contributed by atoms with Crippen LogP contribution in [0.1, 0.15) is 23.1 Å². The van der Waals surface area contributed by atoms with E-state index >= 15 is 0 Å². The highest BCUT2D eigenvalue weighted by Gasteiger charge is 2.27. The largest absolute Gasteiger partial charge is 0.324 e. The topological polar surface area (TPSA) is 64.7 Å². The first-order valence-electron chi connectivity index (χ1n) is 10.8. The molecule has 3 aromatic rings. The number of benzene rings is 3. The Morgan fingerprint density at radius 1 is 0.844 bits per heavy atom. The lowest BCUT2D eigenvalue weighted by Gasteiger charge is -2.36. The first kappa shape index (κ1) is 21.4. The summed E-state index contributed by atoms with van der Waals surface area (Å²) in [6.07, 6.45) is 0.892. The maximum Gasteiger partial charge on any atom is 0.324 e. The molecule has 1 fully saturated rings. The third-order valence-corrected chi connectivity index (χ3v) is 5.53. The fraction of sp³-hybridized carbons (Fsp3) is 0.231. The van der Waals surface area contributed by atoms with Crippen LogP contribution in [0.15, 0.2) is 72.8 Å². The number of hydrogen-bond donors (Lipinski definition) is 2. The summed E-state index contributed by atoms with van der Waals surface area (Å²) < 4.78 is 0. The Labute approximate surface area is 188 Å². The van der Waals surface area contributed by atoms with Crippen LogP contribution in [0.5, 0.6) is 0 Å². The minimum absolute atomic E-state index is 0.0157.